The number of carbonyl (C=O) groups is 3. The van der Waals surface area contributed by atoms with Gasteiger partial charge in [-0.2, -0.15) is 0 Å². The third kappa shape index (κ3) is 6.07. The lowest BCUT2D eigenvalue weighted by atomic mass is 10.2. The number of urea groups is 1. The van der Waals surface area contributed by atoms with Gasteiger partial charge in [-0.1, -0.05) is 13.8 Å². The van der Waals surface area contributed by atoms with Crippen molar-refractivity contribution in [3.8, 4) is 0 Å². The van der Waals surface area contributed by atoms with Crippen LogP contribution >= 0.6 is 0 Å². The maximum absolute atomic E-state index is 11.6. The minimum absolute atomic E-state index is 0.0954. The van der Waals surface area contributed by atoms with E-state index >= 15 is 0 Å². The molecule has 3 amide bonds. The van der Waals surface area contributed by atoms with Gasteiger partial charge >= 0.3 is 12.0 Å². The van der Waals surface area contributed by atoms with Crippen molar-refractivity contribution in [1.82, 2.24) is 15.5 Å². The third-order valence-electron chi connectivity index (χ3n) is 2.30. The van der Waals surface area contributed by atoms with E-state index < -0.39 is 18.0 Å². The fraction of sp³-hybridized carbons (Fsp3) is 0.727. The Morgan fingerprint density at radius 3 is 2.33 bits per heavy atom. The molecule has 0 saturated heterocycles. The number of hydrogen-bond acceptors (Lipinski definition) is 3. The molecule has 0 rings (SSSR count). The molecule has 0 aromatic rings. The molecule has 7 heteroatoms. The highest BCUT2D eigenvalue weighted by atomic mass is 16.4. The average Bonchev–Trinajstić information content (AvgIpc) is 2.32. The first-order valence-corrected chi connectivity index (χ1v) is 5.93. The fourth-order valence-electron chi connectivity index (χ4n) is 1.21. The van der Waals surface area contributed by atoms with Gasteiger partial charge in [0.15, 0.2) is 0 Å². The summed E-state index contributed by atoms with van der Waals surface area (Å²) in [5.41, 5.74) is 0. The van der Waals surface area contributed by atoms with E-state index in [2.05, 4.69) is 10.6 Å². The quantitative estimate of drug-likeness (QED) is 0.600. The summed E-state index contributed by atoms with van der Waals surface area (Å²) in [6.07, 6.45) is 1.11. The number of carboxylic acid groups (broad SMARTS) is 1. The first kappa shape index (κ1) is 16.2. The summed E-state index contributed by atoms with van der Waals surface area (Å²) < 4.78 is 0. The number of nitrogens with zero attached hydrogens (tertiary/aromatic N) is 1. The smallest absolute Gasteiger partial charge is 0.326 e. The molecular formula is C11H21N3O4. The molecule has 0 aliphatic carbocycles. The summed E-state index contributed by atoms with van der Waals surface area (Å²) >= 11 is 0. The number of nitrogens with one attached hydrogen (secondary N) is 2. The zero-order valence-electron chi connectivity index (χ0n) is 11.0. The van der Waals surface area contributed by atoms with Crippen molar-refractivity contribution in [3.63, 3.8) is 0 Å². The lowest BCUT2D eigenvalue weighted by Crippen LogP contribution is -2.48. The van der Waals surface area contributed by atoms with Gasteiger partial charge in [-0.25, -0.2) is 9.59 Å². The van der Waals surface area contributed by atoms with Crippen LogP contribution in [0.4, 0.5) is 4.79 Å². The summed E-state index contributed by atoms with van der Waals surface area (Å²) in [4.78, 5) is 34.8. The number of likely N-dealkylation sites (N-methyl/N-ethyl adjacent to an activating group) is 1. The van der Waals surface area contributed by atoms with Crippen molar-refractivity contribution in [2.75, 3.05) is 20.1 Å². The Morgan fingerprint density at radius 2 is 1.89 bits per heavy atom. The molecule has 3 N–H and O–H groups in total. The number of carboxylic acids is 1. The molecule has 0 aromatic heterocycles. The Hall–Kier alpha value is -1.79. The summed E-state index contributed by atoms with van der Waals surface area (Å²) in [5.74, 6) is -1.35. The fourth-order valence-corrected chi connectivity index (χ4v) is 1.21. The van der Waals surface area contributed by atoms with E-state index in [-0.39, 0.29) is 18.9 Å². The van der Waals surface area contributed by atoms with Gasteiger partial charge in [-0.15, -0.1) is 0 Å². The monoisotopic (exact) mass is 259 g/mol. The van der Waals surface area contributed by atoms with Crippen LogP contribution in [-0.4, -0.2) is 54.1 Å². The van der Waals surface area contributed by atoms with Crippen molar-refractivity contribution in [2.24, 2.45) is 0 Å². The molecule has 18 heavy (non-hydrogen) atoms. The van der Waals surface area contributed by atoms with Gasteiger partial charge in [0.25, 0.3) is 0 Å². The molecule has 7 nitrogen and oxygen atoms in total. The molecule has 0 aliphatic rings. The maximum Gasteiger partial charge on any atom is 0.326 e. The lowest BCUT2D eigenvalue weighted by Gasteiger charge is -2.20. The Morgan fingerprint density at radius 1 is 1.28 bits per heavy atom. The van der Waals surface area contributed by atoms with E-state index in [1.54, 1.807) is 6.92 Å². The number of amides is 3. The van der Waals surface area contributed by atoms with Crippen molar-refractivity contribution < 1.29 is 19.5 Å². The predicted molar refractivity (Wildman–Crippen MR) is 66.2 cm³/mol. The summed E-state index contributed by atoms with van der Waals surface area (Å²) in [6.45, 7) is 4.05. The normalized spacial score (nSPS) is 11.5. The Bertz CT molecular complexity index is 307. The molecule has 0 fully saturated rings. The molecular weight excluding hydrogens is 238 g/mol. The summed E-state index contributed by atoms with van der Waals surface area (Å²) in [5, 5.41) is 13.8. The molecule has 0 unspecified atom stereocenters. The first-order valence-electron chi connectivity index (χ1n) is 5.93. The maximum atomic E-state index is 11.6. The SMILES string of the molecule is CCCNC(=O)CN(C)C(=O)N[C@H](CC)C(=O)O. The highest BCUT2D eigenvalue weighted by Gasteiger charge is 2.20. The van der Waals surface area contributed by atoms with Crippen molar-refractivity contribution >= 4 is 17.9 Å². The van der Waals surface area contributed by atoms with Gasteiger partial charge in [-0.3, -0.25) is 4.79 Å². The van der Waals surface area contributed by atoms with Crippen LogP contribution in [0.2, 0.25) is 0 Å². The Balaban J connectivity index is 4.17. The van der Waals surface area contributed by atoms with Gasteiger partial charge in [0, 0.05) is 13.6 Å². The molecule has 0 radical (unpaired) electrons. The van der Waals surface area contributed by atoms with Gasteiger partial charge in [0.1, 0.15) is 12.6 Å². The van der Waals surface area contributed by atoms with Gasteiger partial charge in [-0.05, 0) is 12.8 Å². The zero-order valence-corrected chi connectivity index (χ0v) is 11.0. The average molecular weight is 259 g/mol. The highest BCUT2D eigenvalue weighted by Crippen LogP contribution is 1.93. The van der Waals surface area contributed by atoms with E-state index in [0.717, 1.165) is 11.3 Å². The van der Waals surface area contributed by atoms with E-state index in [0.29, 0.717) is 6.54 Å². The van der Waals surface area contributed by atoms with Crippen LogP contribution in [0.5, 0.6) is 0 Å². The molecule has 0 spiro atoms. The van der Waals surface area contributed by atoms with Gasteiger partial charge < -0.3 is 20.6 Å². The summed E-state index contributed by atoms with van der Waals surface area (Å²) in [7, 11) is 1.44. The number of aliphatic carboxylic acids is 1. The van der Waals surface area contributed by atoms with Crippen LogP contribution in [0.15, 0.2) is 0 Å². The topological polar surface area (TPSA) is 98.7 Å². The van der Waals surface area contributed by atoms with E-state index in [9.17, 15) is 14.4 Å². The molecule has 1 atom stereocenters. The minimum Gasteiger partial charge on any atom is -0.480 e. The molecule has 0 aromatic carbocycles. The second kappa shape index (κ2) is 8.32. The van der Waals surface area contributed by atoms with Gasteiger partial charge in [0.05, 0.1) is 0 Å². The lowest BCUT2D eigenvalue weighted by molar-refractivity contribution is -0.139. The second-order valence-electron chi connectivity index (χ2n) is 3.95. The molecule has 104 valence electrons. The van der Waals surface area contributed by atoms with Crippen LogP contribution in [0.1, 0.15) is 26.7 Å². The number of rotatable bonds is 7. The molecule has 0 saturated carbocycles. The third-order valence-corrected chi connectivity index (χ3v) is 2.30. The van der Waals surface area contributed by atoms with Crippen molar-refractivity contribution in [2.45, 2.75) is 32.7 Å². The molecule has 0 heterocycles. The Labute approximate surface area is 107 Å². The van der Waals surface area contributed by atoms with Crippen LogP contribution in [0, 0.1) is 0 Å². The van der Waals surface area contributed by atoms with Gasteiger partial charge in [0.2, 0.25) is 5.91 Å². The summed E-state index contributed by atoms with van der Waals surface area (Å²) in [6, 6.07) is -1.51. The van der Waals surface area contributed by atoms with Crippen LogP contribution in [0.25, 0.3) is 0 Å². The Kier molecular flexibility index (Phi) is 7.50. The predicted octanol–water partition coefficient (Wildman–Crippen LogP) is 0.0172. The zero-order chi connectivity index (χ0) is 14.1. The highest BCUT2D eigenvalue weighted by molar-refractivity contribution is 5.86. The first-order chi connectivity index (χ1) is 8.42. The van der Waals surface area contributed by atoms with Crippen LogP contribution in [0.3, 0.4) is 0 Å². The van der Waals surface area contributed by atoms with Crippen molar-refractivity contribution in [3.05, 3.63) is 0 Å². The largest absolute Gasteiger partial charge is 0.480 e. The standard InChI is InChI=1S/C11H21N3O4/c1-4-6-12-9(15)7-14(3)11(18)13-8(5-2)10(16)17/h8H,4-7H2,1-3H3,(H,12,15)(H,13,18)(H,16,17)/t8-/m1/s1. The number of carbonyl (C=O) groups excluding carboxylic acids is 2. The second-order valence-corrected chi connectivity index (χ2v) is 3.95. The van der Waals surface area contributed by atoms with Crippen LogP contribution in [-0.2, 0) is 9.59 Å². The van der Waals surface area contributed by atoms with Crippen molar-refractivity contribution in [1.29, 1.82) is 0 Å². The number of hydrogen-bond donors (Lipinski definition) is 3. The van der Waals surface area contributed by atoms with E-state index in [1.807, 2.05) is 6.92 Å². The van der Waals surface area contributed by atoms with Crippen LogP contribution < -0.4 is 10.6 Å². The molecule has 0 bridgehead atoms. The minimum atomic E-state index is -1.09. The van der Waals surface area contributed by atoms with E-state index in [1.165, 1.54) is 7.05 Å². The van der Waals surface area contributed by atoms with E-state index in [4.69, 9.17) is 5.11 Å². The molecule has 0 aliphatic heterocycles.